The lowest BCUT2D eigenvalue weighted by Crippen LogP contribution is -2.36. The molecule has 0 aromatic heterocycles. The van der Waals surface area contributed by atoms with Gasteiger partial charge in [0.15, 0.2) is 11.5 Å². The van der Waals surface area contributed by atoms with Crippen LogP contribution in [0.25, 0.3) is 0 Å². The molecule has 0 bridgehead atoms. The van der Waals surface area contributed by atoms with E-state index < -0.39 is 0 Å². The lowest BCUT2D eigenvalue weighted by Gasteiger charge is -2.28. The number of hydrogen-bond acceptors (Lipinski definition) is 5. The van der Waals surface area contributed by atoms with Crippen molar-refractivity contribution in [3.8, 4) is 11.5 Å². The van der Waals surface area contributed by atoms with E-state index in [9.17, 15) is 0 Å². The van der Waals surface area contributed by atoms with Crippen LogP contribution in [-0.2, 0) is 11.3 Å². The second kappa shape index (κ2) is 10.9. The van der Waals surface area contributed by atoms with Gasteiger partial charge in [-0.3, -0.25) is 4.99 Å². The van der Waals surface area contributed by atoms with Gasteiger partial charge in [-0.05, 0) is 59.7 Å². The lowest BCUT2D eigenvalue weighted by molar-refractivity contribution is 0.122. The van der Waals surface area contributed by atoms with Crippen LogP contribution in [0.15, 0.2) is 70.1 Å². The first kappa shape index (κ1) is 22.6. The maximum Gasteiger partial charge on any atom is 0.180 e. The van der Waals surface area contributed by atoms with Crippen LogP contribution >= 0.6 is 27.5 Å². The molecule has 166 valence electrons. The second-order valence-electron chi connectivity index (χ2n) is 7.32. The minimum absolute atomic E-state index is 0.395. The van der Waals surface area contributed by atoms with Gasteiger partial charge < -0.3 is 19.1 Å². The van der Waals surface area contributed by atoms with E-state index in [2.05, 4.69) is 38.0 Å². The zero-order valence-electron chi connectivity index (χ0n) is 17.8. The Morgan fingerprint density at radius 1 is 1.06 bits per heavy atom. The third-order valence-corrected chi connectivity index (χ3v) is 5.95. The van der Waals surface area contributed by atoms with Crippen LogP contribution in [0, 0.1) is 0 Å². The summed E-state index contributed by atoms with van der Waals surface area (Å²) < 4.78 is 17.9. The van der Waals surface area contributed by atoms with Gasteiger partial charge in [0.25, 0.3) is 0 Å². The largest absolute Gasteiger partial charge is 0.493 e. The van der Waals surface area contributed by atoms with Gasteiger partial charge in [0.05, 0.1) is 31.0 Å². The van der Waals surface area contributed by atoms with E-state index >= 15 is 0 Å². The quantitative estimate of drug-likeness (QED) is 0.348. The van der Waals surface area contributed by atoms with Crippen LogP contribution in [0.3, 0.4) is 0 Å². The molecule has 0 amide bonds. The average molecular weight is 516 g/mol. The fourth-order valence-corrected chi connectivity index (χ4v) is 3.95. The Bertz CT molecular complexity index is 1070. The van der Waals surface area contributed by atoms with Gasteiger partial charge in [0.2, 0.25) is 0 Å². The molecule has 1 fully saturated rings. The third-order valence-electron chi connectivity index (χ3n) is 5.14. The molecule has 32 heavy (non-hydrogen) atoms. The maximum absolute atomic E-state index is 6.50. The Kier molecular flexibility index (Phi) is 7.68. The Morgan fingerprint density at radius 2 is 1.78 bits per heavy atom. The van der Waals surface area contributed by atoms with E-state index in [-0.39, 0.29) is 0 Å². The third kappa shape index (κ3) is 5.82. The smallest absolute Gasteiger partial charge is 0.180 e. The zero-order valence-corrected chi connectivity index (χ0v) is 20.1. The number of morpholine rings is 1. The number of ether oxygens (including phenoxy) is 3. The fourth-order valence-electron chi connectivity index (χ4n) is 3.41. The number of methoxy groups -OCH3 is 1. The summed E-state index contributed by atoms with van der Waals surface area (Å²) in [6, 6.07) is 19.8. The molecule has 0 aliphatic carbocycles. The summed E-state index contributed by atoms with van der Waals surface area (Å²) >= 11 is 9.94. The predicted molar refractivity (Wildman–Crippen MR) is 133 cm³/mol. The Labute approximate surface area is 201 Å². The summed E-state index contributed by atoms with van der Waals surface area (Å²) in [5.41, 5.74) is 3.93. The molecule has 1 heterocycles. The van der Waals surface area contributed by atoms with E-state index in [4.69, 9.17) is 25.8 Å². The first-order valence-corrected chi connectivity index (χ1v) is 11.5. The fraction of sp³-hybridized carbons (Fsp3) is 0.240. The number of hydrogen-bond donors (Lipinski definition) is 0. The summed E-state index contributed by atoms with van der Waals surface area (Å²) in [6.07, 6.45) is 1.77. The number of halogens is 2. The molecule has 1 aliphatic heterocycles. The molecular weight excluding hydrogens is 492 g/mol. The highest BCUT2D eigenvalue weighted by molar-refractivity contribution is 9.10. The van der Waals surface area contributed by atoms with E-state index in [1.807, 2.05) is 48.5 Å². The lowest BCUT2D eigenvalue weighted by atomic mass is 10.2. The zero-order chi connectivity index (χ0) is 22.3. The predicted octanol–water partition coefficient (Wildman–Crippen LogP) is 6.28. The van der Waals surface area contributed by atoms with E-state index in [1.165, 1.54) is 5.69 Å². The summed E-state index contributed by atoms with van der Waals surface area (Å²) in [7, 11) is 1.60. The van der Waals surface area contributed by atoms with Gasteiger partial charge in [0.1, 0.15) is 6.61 Å². The van der Waals surface area contributed by atoms with E-state index in [1.54, 1.807) is 13.3 Å². The van der Waals surface area contributed by atoms with Gasteiger partial charge in [-0.15, -0.1) is 0 Å². The van der Waals surface area contributed by atoms with Crippen molar-refractivity contribution >= 4 is 45.1 Å². The molecular formula is C25H24BrClN2O3. The van der Waals surface area contributed by atoms with Crippen LogP contribution in [0.4, 0.5) is 11.4 Å². The molecule has 4 rings (SSSR count). The molecule has 0 spiro atoms. The van der Waals surface area contributed by atoms with Crippen LogP contribution in [0.5, 0.6) is 11.5 Å². The van der Waals surface area contributed by atoms with Crippen molar-refractivity contribution in [2.75, 3.05) is 38.3 Å². The molecule has 1 aliphatic rings. The van der Waals surface area contributed by atoms with Gasteiger partial charge >= 0.3 is 0 Å². The molecule has 0 atom stereocenters. The number of nitrogens with zero attached hydrogens (tertiary/aromatic N) is 2. The molecule has 7 heteroatoms. The maximum atomic E-state index is 6.50. The van der Waals surface area contributed by atoms with Crippen molar-refractivity contribution in [1.29, 1.82) is 0 Å². The van der Waals surface area contributed by atoms with Crippen molar-refractivity contribution in [2.45, 2.75) is 6.61 Å². The van der Waals surface area contributed by atoms with E-state index in [0.29, 0.717) is 23.1 Å². The Balaban J connectivity index is 1.44. The first-order chi connectivity index (χ1) is 15.6. The minimum Gasteiger partial charge on any atom is -0.493 e. The van der Waals surface area contributed by atoms with Crippen LogP contribution < -0.4 is 14.4 Å². The normalized spacial score (nSPS) is 14.0. The van der Waals surface area contributed by atoms with E-state index in [0.717, 1.165) is 47.6 Å². The molecule has 3 aromatic rings. The van der Waals surface area contributed by atoms with Gasteiger partial charge in [-0.1, -0.05) is 39.7 Å². The van der Waals surface area contributed by atoms with Crippen LogP contribution in [0.1, 0.15) is 11.1 Å². The van der Waals surface area contributed by atoms with Gasteiger partial charge in [0, 0.05) is 29.5 Å². The molecule has 5 nitrogen and oxygen atoms in total. The summed E-state index contributed by atoms with van der Waals surface area (Å²) in [5.74, 6) is 1.09. The monoisotopic (exact) mass is 514 g/mol. The molecule has 3 aromatic carbocycles. The average Bonchev–Trinajstić information content (AvgIpc) is 2.83. The van der Waals surface area contributed by atoms with Crippen LogP contribution in [-0.4, -0.2) is 39.6 Å². The molecule has 0 N–H and O–H groups in total. The van der Waals surface area contributed by atoms with Crippen molar-refractivity contribution in [3.05, 3.63) is 81.3 Å². The standard InChI is InChI=1S/C25H24BrClN2O3/c1-30-24-15-19(14-23(27)25(24)32-17-18-2-4-20(26)5-3-18)16-28-21-6-8-22(9-7-21)29-10-12-31-13-11-29/h2-9,14-16H,10-13,17H2,1H3. The highest BCUT2D eigenvalue weighted by Gasteiger charge is 2.13. The summed E-state index contributed by atoms with van der Waals surface area (Å²) in [6.45, 7) is 3.76. The highest BCUT2D eigenvalue weighted by Crippen LogP contribution is 2.37. The number of aliphatic imine (C=N–C) groups is 1. The van der Waals surface area contributed by atoms with Gasteiger partial charge in [-0.25, -0.2) is 0 Å². The second-order valence-corrected chi connectivity index (χ2v) is 8.65. The number of anilines is 1. The van der Waals surface area contributed by atoms with Crippen molar-refractivity contribution in [3.63, 3.8) is 0 Å². The molecule has 0 saturated carbocycles. The first-order valence-electron chi connectivity index (χ1n) is 10.3. The number of rotatable bonds is 7. The molecule has 0 radical (unpaired) electrons. The van der Waals surface area contributed by atoms with Gasteiger partial charge in [-0.2, -0.15) is 0 Å². The number of benzene rings is 3. The summed E-state index contributed by atoms with van der Waals surface area (Å²) in [4.78, 5) is 6.90. The van der Waals surface area contributed by atoms with Crippen LogP contribution in [0.2, 0.25) is 5.02 Å². The Morgan fingerprint density at radius 3 is 2.47 bits per heavy atom. The molecule has 1 saturated heterocycles. The summed E-state index contributed by atoms with van der Waals surface area (Å²) in [5, 5.41) is 0.477. The SMILES string of the molecule is COc1cc(C=Nc2ccc(N3CCOCC3)cc2)cc(Cl)c1OCc1ccc(Br)cc1. The van der Waals surface area contributed by atoms with Crippen molar-refractivity contribution in [1.82, 2.24) is 0 Å². The minimum atomic E-state index is 0.395. The van der Waals surface area contributed by atoms with Crippen molar-refractivity contribution in [2.24, 2.45) is 4.99 Å². The topological polar surface area (TPSA) is 43.3 Å². The van der Waals surface area contributed by atoms with Crippen molar-refractivity contribution < 1.29 is 14.2 Å². The highest BCUT2D eigenvalue weighted by atomic mass is 79.9. The Hall–Kier alpha value is -2.54. The molecule has 0 unspecified atom stereocenters.